The Morgan fingerprint density at radius 3 is 2.55 bits per heavy atom. The summed E-state index contributed by atoms with van der Waals surface area (Å²) < 4.78 is 39.6. The summed E-state index contributed by atoms with van der Waals surface area (Å²) in [4.78, 5) is 4.09. The summed E-state index contributed by atoms with van der Waals surface area (Å²) in [5.41, 5.74) is 1.20. The number of rotatable bonds is 3. The van der Waals surface area contributed by atoms with Crippen LogP contribution in [0.3, 0.4) is 0 Å². The van der Waals surface area contributed by atoms with E-state index in [4.69, 9.17) is 0 Å². The maximum atomic E-state index is 12.6. The highest BCUT2D eigenvalue weighted by atomic mass is 19.4. The van der Waals surface area contributed by atoms with Crippen LogP contribution in [0, 0.1) is 13.8 Å². The lowest BCUT2D eigenvalue weighted by atomic mass is 10.1. The molecule has 0 radical (unpaired) electrons. The van der Waals surface area contributed by atoms with Gasteiger partial charge in [0.1, 0.15) is 0 Å². The number of aryl methyl sites for hydroxylation is 1. The average molecular weight is 284 g/mol. The van der Waals surface area contributed by atoms with E-state index in [1.165, 1.54) is 12.1 Å². The summed E-state index contributed by atoms with van der Waals surface area (Å²) in [7, 11) is 0. The second-order valence-corrected chi connectivity index (χ2v) is 4.71. The molecule has 0 saturated heterocycles. The highest BCUT2D eigenvalue weighted by Crippen LogP contribution is 2.31. The van der Waals surface area contributed by atoms with Crippen molar-refractivity contribution in [2.45, 2.75) is 32.7 Å². The van der Waals surface area contributed by atoms with Gasteiger partial charge in [-0.3, -0.25) is 0 Å². The molecule has 0 fully saturated rings. The Balaban J connectivity index is 2.21. The normalized spacial score (nSPS) is 13.5. The van der Waals surface area contributed by atoms with Crippen LogP contribution in [0.5, 0.6) is 0 Å². The van der Waals surface area contributed by atoms with E-state index in [9.17, 15) is 18.3 Å². The quantitative estimate of drug-likeness (QED) is 0.939. The molecule has 0 aliphatic heterocycles. The molecule has 1 heterocycles. The van der Waals surface area contributed by atoms with E-state index < -0.39 is 17.8 Å². The number of benzene rings is 1. The number of aliphatic hydroxyl groups excluding tert-OH is 1. The largest absolute Gasteiger partial charge is 0.416 e. The third-order valence-electron chi connectivity index (χ3n) is 3.31. The Morgan fingerprint density at radius 2 is 2.00 bits per heavy atom. The van der Waals surface area contributed by atoms with Crippen molar-refractivity contribution in [3.63, 3.8) is 0 Å². The number of hydrogen-bond donors (Lipinski definition) is 1. The lowest BCUT2D eigenvalue weighted by Gasteiger charge is -2.15. The van der Waals surface area contributed by atoms with E-state index in [0.29, 0.717) is 0 Å². The van der Waals surface area contributed by atoms with Crippen LogP contribution in [-0.4, -0.2) is 14.7 Å². The molecule has 1 aromatic carbocycles. The zero-order chi connectivity index (χ0) is 14.9. The van der Waals surface area contributed by atoms with E-state index in [0.717, 1.165) is 23.5 Å². The molecule has 0 aliphatic rings. The number of hydrogen-bond acceptors (Lipinski definition) is 2. The smallest absolute Gasteiger partial charge is 0.387 e. The summed E-state index contributed by atoms with van der Waals surface area (Å²) in [6.07, 6.45) is -3.84. The van der Waals surface area contributed by atoms with Gasteiger partial charge in [-0.05, 0) is 31.5 Å². The minimum absolute atomic E-state index is 0.175. The number of alkyl halides is 3. The van der Waals surface area contributed by atoms with Crippen molar-refractivity contribution in [1.82, 2.24) is 9.55 Å². The number of aromatic nitrogens is 2. The fourth-order valence-corrected chi connectivity index (χ4v) is 1.94. The van der Waals surface area contributed by atoms with Gasteiger partial charge in [0.25, 0.3) is 0 Å². The molecule has 0 amide bonds. The SMILES string of the molecule is Cc1ncn(CC(O)c2cccc(C(F)(F)F)c2)c1C. The lowest BCUT2D eigenvalue weighted by Crippen LogP contribution is -2.11. The Kier molecular flexibility index (Phi) is 3.85. The first-order valence-corrected chi connectivity index (χ1v) is 6.12. The van der Waals surface area contributed by atoms with Crippen LogP contribution in [0.25, 0.3) is 0 Å². The van der Waals surface area contributed by atoms with Gasteiger partial charge in [-0.25, -0.2) is 4.98 Å². The Bertz CT molecular complexity index is 605. The first kappa shape index (κ1) is 14.6. The molecule has 0 aliphatic carbocycles. The first-order chi connectivity index (χ1) is 9.29. The highest BCUT2D eigenvalue weighted by molar-refractivity contribution is 5.27. The standard InChI is InChI=1S/C14H15F3N2O/c1-9-10(2)19(8-18-9)7-13(20)11-4-3-5-12(6-11)14(15,16)17/h3-6,8,13,20H,7H2,1-2H3. The molecule has 1 atom stereocenters. The van der Waals surface area contributed by atoms with Crippen LogP contribution < -0.4 is 0 Å². The van der Waals surface area contributed by atoms with Gasteiger partial charge in [0, 0.05) is 5.69 Å². The van der Waals surface area contributed by atoms with Crippen molar-refractivity contribution in [2.24, 2.45) is 0 Å². The third-order valence-corrected chi connectivity index (χ3v) is 3.31. The summed E-state index contributed by atoms with van der Waals surface area (Å²) in [6, 6.07) is 4.75. The third kappa shape index (κ3) is 3.01. The van der Waals surface area contributed by atoms with Crippen LogP contribution in [0.1, 0.15) is 28.6 Å². The van der Waals surface area contributed by atoms with Crippen molar-refractivity contribution in [1.29, 1.82) is 0 Å². The molecule has 0 saturated carbocycles. The molecule has 0 bridgehead atoms. The van der Waals surface area contributed by atoms with Gasteiger partial charge in [0.05, 0.1) is 30.2 Å². The maximum absolute atomic E-state index is 12.6. The number of aliphatic hydroxyl groups is 1. The second-order valence-electron chi connectivity index (χ2n) is 4.71. The molecule has 2 aromatic rings. The minimum atomic E-state index is -4.41. The molecular formula is C14H15F3N2O. The fourth-order valence-electron chi connectivity index (χ4n) is 1.94. The van der Waals surface area contributed by atoms with Crippen LogP contribution >= 0.6 is 0 Å². The van der Waals surface area contributed by atoms with E-state index in [-0.39, 0.29) is 12.1 Å². The molecule has 3 nitrogen and oxygen atoms in total. The van der Waals surface area contributed by atoms with E-state index in [2.05, 4.69) is 4.98 Å². The van der Waals surface area contributed by atoms with E-state index in [1.807, 2.05) is 13.8 Å². The highest BCUT2D eigenvalue weighted by Gasteiger charge is 2.30. The molecule has 0 spiro atoms. The van der Waals surface area contributed by atoms with Crippen molar-refractivity contribution >= 4 is 0 Å². The van der Waals surface area contributed by atoms with Crippen LogP contribution in [0.4, 0.5) is 13.2 Å². The predicted molar refractivity (Wildman–Crippen MR) is 68.1 cm³/mol. The molecular weight excluding hydrogens is 269 g/mol. The molecule has 6 heteroatoms. The molecule has 2 rings (SSSR count). The zero-order valence-electron chi connectivity index (χ0n) is 11.1. The summed E-state index contributed by atoms with van der Waals surface area (Å²) in [6.45, 7) is 3.86. The topological polar surface area (TPSA) is 38.0 Å². The van der Waals surface area contributed by atoms with Crippen LogP contribution in [0.15, 0.2) is 30.6 Å². The molecule has 1 unspecified atom stereocenters. The zero-order valence-corrected chi connectivity index (χ0v) is 11.1. The van der Waals surface area contributed by atoms with Crippen molar-refractivity contribution in [2.75, 3.05) is 0 Å². The van der Waals surface area contributed by atoms with E-state index in [1.54, 1.807) is 10.9 Å². The minimum Gasteiger partial charge on any atom is -0.387 e. The summed E-state index contributed by atoms with van der Waals surface area (Å²) in [5.74, 6) is 0. The number of nitrogens with zero attached hydrogens (tertiary/aromatic N) is 2. The van der Waals surface area contributed by atoms with Crippen molar-refractivity contribution in [3.05, 3.63) is 53.1 Å². The first-order valence-electron chi connectivity index (χ1n) is 6.12. The molecule has 108 valence electrons. The summed E-state index contributed by atoms with van der Waals surface area (Å²) >= 11 is 0. The Morgan fingerprint density at radius 1 is 1.30 bits per heavy atom. The van der Waals surface area contributed by atoms with Gasteiger partial charge in [-0.1, -0.05) is 12.1 Å². The van der Waals surface area contributed by atoms with Gasteiger partial charge in [-0.2, -0.15) is 13.2 Å². The maximum Gasteiger partial charge on any atom is 0.416 e. The van der Waals surface area contributed by atoms with E-state index >= 15 is 0 Å². The van der Waals surface area contributed by atoms with Gasteiger partial charge in [0.15, 0.2) is 0 Å². The fraction of sp³-hybridized carbons (Fsp3) is 0.357. The van der Waals surface area contributed by atoms with Gasteiger partial charge >= 0.3 is 6.18 Å². The second kappa shape index (κ2) is 5.28. The summed E-state index contributed by atoms with van der Waals surface area (Å²) in [5, 5.41) is 10.1. The van der Waals surface area contributed by atoms with Gasteiger partial charge < -0.3 is 9.67 Å². The Labute approximate surface area is 114 Å². The van der Waals surface area contributed by atoms with Crippen LogP contribution in [-0.2, 0) is 12.7 Å². The Hall–Kier alpha value is -1.82. The molecule has 1 N–H and O–H groups in total. The van der Waals surface area contributed by atoms with Crippen molar-refractivity contribution in [3.8, 4) is 0 Å². The van der Waals surface area contributed by atoms with Crippen molar-refractivity contribution < 1.29 is 18.3 Å². The van der Waals surface area contributed by atoms with Crippen LogP contribution in [0.2, 0.25) is 0 Å². The monoisotopic (exact) mass is 284 g/mol. The lowest BCUT2D eigenvalue weighted by molar-refractivity contribution is -0.137. The average Bonchev–Trinajstić information content (AvgIpc) is 2.70. The number of halogens is 3. The van der Waals surface area contributed by atoms with Gasteiger partial charge in [-0.15, -0.1) is 0 Å². The molecule has 1 aromatic heterocycles. The molecule has 20 heavy (non-hydrogen) atoms. The predicted octanol–water partition coefficient (Wildman–Crippen LogP) is 3.25. The number of imidazole rings is 1. The van der Waals surface area contributed by atoms with Gasteiger partial charge in [0.2, 0.25) is 0 Å².